The smallest absolute Gasteiger partial charge is 0.238 e. The highest BCUT2D eigenvalue weighted by molar-refractivity contribution is 6.14. The molecule has 6 nitrogen and oxygen atoms in total. The van der Waals surface area contributed by atoms with E-state index in [0.29, 0.717) is 29.4 Å². The van der Waals surface area contributed by atoms with Crippen LogP contribution in [0.1, 0.15) is 87.2 Å². The average Bonchev–Trinajstić information content (AvgIpc) is 3.80. The molecule has 2 aliphatic rings. The third-order valence-electron chi connectivity index (χ3n) is 12.6. The number of hydrogen-bond acceptors (Lipinski definition) is 4. The highest BCUT2D eigenvalue weighted by Gasteiger charge is 2.25. The Labute approximate surface area is 326 Å². The predicted octanol–water partition coefficient (Wildman–Crippen LogP) is 12.9. The van der Waals surface area contributed by atoms with Gasteiger partial charge in [-0.2, -0.15) is 9.97 Å². The van der Waals surface area contributed by atoms with E-state index >= 15 is 0 Å². The van der Waals surface area contributed by atoms with E-state index in [1.807, 2.05) is 48.7 Å². The standard InChI is InChI=1S/C50H44N6/c1-5-15-33(16-6-1)37-26-28-42-40(31-37)41-32-38(34-17-7-2-8-18-34)27-29-43(41)55(42)45-24-13-23-39-46-44(25-14-30-51-46)56(47(39)45)50-53-48(35-19-9-3-10-20-35)52-49(54-50)36-21-11-4-12-22-36/h3-4,9-14,19-34H,1-2,5-8,15-18H2. The molecule has 6 heteroatoms. The van der Waals surface area contributed by atoms with Crippen molar-refractivity contribution in [1.82, 2.24) is 29.1 Å². The van der Waals surface area contributed by atoms with Crippen LogP contribution in [-0.4, -0.2) is 29.1 Å². The molecule has 4 heterocycles. The fourth-order valence-electron chi connectivity index (χ4n) is 9.85. The fourth-order valence-corrected chi connectivity index (χ4v) is 9.85. The summed E-state index contributed by atoms with van der Waals surface area (Å²) in [5.74, 6) is 3.09. The number of pyridine rings is 1. The molecular formula is C50H44N6. The molecule has 9 aromatic rings. The molecule has 0 saturated heterocycles. The van der Waals surface area contributed by atoms with E-state index in [9.17, 15) is 0 Å². The molecule has 5 aromatic carbocycles. The third-order valence-corrected chi connectivity index (χ3v) is 12.6. The SMILES string of the molecule is c1ccc(-c2nc(-c3ccccc3)nc(-n3c4cccnc4c4cccc(-n5c6ccc(C7CCCCC7)cc6c6cc(C7CCCCC7)ccc65)c43)n2)cc1. The molecule has 0 amide bonds. The van der Waals surface area contributed by atoms with Gasteiger partial charge in [-0.1, -0.05) is 123 Å². The van der Waals surface area contributed by atoms with Gasteiger partial charge in [-0.05, 0) is 91.1 Å². The summed E-state index contributed by atoms with van der Waals surface area (Å²) in [5, 5.41) is 3.75. The van der Waals surface area contributed by atoms with Gasteiger partial charge in [0.2, 0.25) is 5.95 Å². The van der Waals surface area contributed by atoms with E-state index in [4.69, 9.17) is 19.9 Å². The summed E-state index contributed by atoms with van der Waals surface area (Å²) in [7, 11) is 0. The second kappa shape index (κ2) is 13.9. The first kappa shape index (κ1) is 33.2. The van der Waals surface area contributed by atoms with Crippen molar-refractivity contribution < 1.29 is 0 Å². The summed E-state index contributed by atoms with van der Waals surface area (Å²) in [6.07, 6.45) is 15.0. The van der Waals surface area contributed by atoms with Crippen molar-refractivity contribution in [3.8, 4) is 34.4 Å². The minimum atomic E-state index is 0.568. The van der Waals surface area contributed by atoms with Gasteiger partial charge in [-0.3, -0.25) is 9.55 Å². The molecule has 0 aliphatic heterocycles. The number of nitrogens with zero attached hydrogens (tertiary/aromatic N) is 6. The Balaban J connectivity index is 1.20. The van der Waals surface area contributed by atoms with Gasteiger partial charge in [-0.15, -0.1) is 0 Å². The molecule has 0 atom stereocenters. The zero-order chi connectivity index (χ0) is 37.0. The minimum absolute atomic E-state index is 0.568. The Hall–Kier alpha value is -6.14. The van der Waals surface area contributed by atoms with Crippen molar-refractivity contribution in [2.45, 2.75) is 76.0 Å². The molecule has 2 saturated carbocycles. The first-order valence-corrected chi connectivity index (χ1v) is 20.6. The topological polar surface area (TPSA) is 61.4 Å². The summed E-state index contributed by atoms with van der Waals surface area (Å²) in [5.41, 5.74) is 11.3. The molecule has 0 spiro atoms. The van der Waals surface area contributed by atoms with Gasteiger partial charge < -0.3 is 4.57 Å². The fraction of sp³-hybridized carbons (Fsp3) is 0.240. The van der Waals surface area contributed by atoms with Gasteiger partial charge in [0.25, 0.3) is 0 Å². The van der Waals surface area contributed by atoms with Crippen LogP contribution < -0.4 is 0 Å². The lowest BCUT2D eigenvalue weighted by Crippen LogP contribution is -2.08. The molecule has 0 bridgehead atoms. The molecule has 4 aromatic heterocycles. The van der Waals surface area contributed by atoms with Gasteiger partial charge in [0.05, 0.1) is 33.3 Å². The maximum Gasteiger partial charge on any atom is 0.238 e. The molecule has 0 radical (unpaired) electrons. The first-order chi connectivity index (χ1) is 27.8. The zero-order valence-electron chi connectivity index (χ0n) is 31.6. The summed E-state index contributed by atoms with van der Waals surface area (Å²) >= 11 is 0. The molecule has 0 unspecified atom stereocenters. The van der Waals surface area contributed by atoms with Crippen molar-refractivity contribution in [3.63, 3.8) is 0 Å². The van der Waals surface area contributed by atoms with Crippen molar-refractivity contribution in [2.75, 3.05) is 0 Å². The lowest BCUT2D eigenvalue weighted by Gasteiger charge is -2.22. The minimum Gasteiger partial charge on any atom is -0.307 e. The summed E-state index contributed by atoms with van der Waals surface area (Å²) in [6.45, 7) is 0. The molecule has 56 heavy (non-hydrogen) atoms. The van der Waals surface area contributed by atoms with Gasteiger partial charge in [0, 0.05) is 33.5 Å². The largest absolute Gasteiger partial charge is 0.307 e. The number of rotatable bonds is 6. The van der Waals surface area contributed by atoms with Crippen molar-refractivity contribution in [3.05, 3.63) is 145 Å². The second-order valence-electron chi connectivity index (χ2n) is 16.0. The summed E-state index contributed by atoms with van der Waals surface area (Å²) < 4.78 is 4.72. The normalized spacial score (nSPS) is 15.7. The molecule has 0 N–H and O–H groups in total. The van der Waals surface area contributed by atoms with Gasteiger partial charge in [-0.25, -0.2) is 4.98 Å². The quantitative estimate of drug-likeness (QED) is 0.171. The number of aromatic nitrogens is 6. The monoisotopic (exact) mass is 728 g/mol. The Morgan fingerprint density at radius 1 is 0.446 bits per heavy atom. The van der Waals surface area contributed by atoms with Crippen LogP contribution in [0.15, 0.2) is 134 Å². The maximum atomic E-state index is 5.25. The van der Waals surface area contributed by atoms with E-state index in [2.05, 4.69) is 94.1 Å². The van der Waals surface area contributed by atoms with Crippen LogP contribution in [0.25, 0.3) is 78.2 Å². The predicted molar refractivity (Wildman–Crippen MR) is 229 cm³/mol. The number of benzene rings is 5. The Bertz CT molecular complexity index is 2740. The molecule has 274 valence electrons. The summed E-state index contributed by atoms with van der Waals surface area (Å²) in [6, 6.07) is 45.9. The van der Waals surface area contributed by atoms with E-state index in [0.717, 1.165) is 38.8 Å². The van der Waals surface area contributed by atoms with Gasteiger partial charge in [0.15, 0.2) is 11.6 Å². The van der Waals surface area contributed by atoms with Crippen molar-refractivity contribution in [1.29, 1.82) is 0 Å². The van der Waals surface area contributed by atoms with Crippen LogP contribution in [0.2, 0.25) is 0 Å². The molecule has 11 rings (SSSR count). The van der Waals surface area contributed by atoms with E-state index in [1.165, 1.54) is 97.1 Å². The van der Waals surface area contributed by atoms with E-state index in [-0.39, 0.29) is 0 Å². The van der Waals surface area contributed by atoms with Crippen molar-refractivity contribution >= 4 is 43.7 Å². The Morgan fingerprint density at radius 2 is 1.02 bits per heavy atom. The van der Waals surface area contributed by atoms with Gasteiger partial charge in [0.1, 0.15) is 0 Å². The lowest BCUT2D eigenvalue weighted by atomic mass is 9.83. The Kier molecular flexibility index (Phi) is 8.22. The number of fused-ring (bicyclic) bond motifs is 6. The van der Waals surface area contributed by atoms with Crippen molar-refractivity contribution in [2.24, 2.45) is 0 Å². The van der Waals surface area contributed by atoms with Crippen LogP contribution in [0.4, 0.5) is 0 Å². The molecular weight excluding hydrogens is 685 g/mol. The van der Waals surface area contributed by atoms with Crippen LogP contribution in [0.3, 0.4) is 0 Å². The maximum absolute atomic E-state index is 5.25. The first-order valence-electron chi connectivity index (χ1n) is 20.6. The van der Waals surface area contributed by atoms with E-state index in [1.54, 1.807) is 0 Å². The highest BCUT2D eigenvalue weighted by atomic mass is 15.2. The van der Waals surface area contributed by atoms with Gasteiger partial charge >= 0.3 is 0 Å². The third kappa shape index (κ3) is 5.61. The summed E-state index contributed by atoms with van der Waals surface area (Å²) in [4.78, 5) is 20.5. The zero-order valence-corrected chi connectivity index (χ0v) is 31.6. The van der Waals surface area contributed by atoms with Crippen LogP contribution >= 0.6 is 0 Å². The second-order valence-corrected chi connectivity index (χ2v) is 16.0. The van der Waals surface area contributed by atoms with Crippen LogP contribution in [-0.2, 0) is 0 Å². The van der Waals surface area contributed by atoms with Crippen LogP contribution in [0, 0.1) is 0 Å². The highest BCUT2D eigenvalue weighted by Crippen LogP contribution is 2.43. The number of hydrogen-bond donors (Lipinski definition) is 0. The lowest BCUT2D eigenvalue weighted by molar-refractivity contribution is 0.444. The molecule has 2 aliphatic carbocycles. The molecule has 2 fully saturated rings. The Morgan fingerprint density at radius 3 is 1.59 bits per heavy atom. The number of para-hydroxylation sites is 1. The average molecular weight is 729 g/mol. The van der Waals surface area contributed by atoms with Crippen LogP contribution in [0.5, 0.6) is 0 Å². The van der Waals surface area contributed by atoms with E-state index < -0.39 is 0 Å².